The van der Waals surface area contributed by atoms with Crippen LogP contribution in [0.15, 0.2) is 0 Å². The fourth-order valence-electron chi connectivity index (χ4n) is 2.08. The molecule has 52 valence electrons. The molecule has 1 aliphatic carbocycles. The van der Waals surface area contributed by atoms with E-state index >= 15 is 0 Å². The van der Waals surface area contributed by atoms with Crippen LogP contribution in [0.4, 0.5) is 0 Å². The van der Waals surface area contributed by atoms with E-state index in [2.05, 4.69) is 25.6 Å². The molecule has 0 N–H and O–H groups in total. The summed E-state index contributed by atoms with van der Waals surface area (Å²) in [6.07, 6.45) is 3.05. The van der Waals surface area contributed by atoms with Crippen molar-refractivity contribution in [1.29, 1.82) is 0 Å². The molecule has 0 aromatic rings. The second-order valence-corrected chi connectivity index (χ2v) is 5.24. The number of hydrogen-bond donors (Lipinski definition) is 0. The highest BCUT2D eigenvalue weighted by atomic mass is 32.2. The van der Waals surface area contributed by atoms with Crippen LogP contribution in [0.3, 0.4) is 0 Å². The van der Waals surface area contributed by atoms with Crippen LogP contribution in [0.1, 0.15) is 26.7 Å². The zero-order valence-electron chi connectivity index (χ0n) is 6.18. The van der Waals surface area contributed by atoms with E-state index < -0.39 is 0 Å². The van der Waals surface area contributed by atoms with Crippen LogP contribution in [0.2, 0.25) is 0 Å². The third kappa shape index (κ3) is 0.674. The molecule has 0 aromatic heterocycles. The lowest BCUT2D eigenvalue weighted by Crippen LogP contribution is -2.38. The minimum absolute atomic E-state index is 0.755. The molecule has 3 rings (SSSR count). The minimum atomic E-state index is 0.755. The van der Waals surface area contributed by atoms with E-state index in [4.69, 9.17) is 0 Å². The largest absolute Gasteiger partial charge is 0.155 e. The summed E-state index contributed by atoms with van der Waals surface area (Å²) in [6, 6.07) is 0. The lowest BCUT2D eigenvalue weighted by molar-refractivity contribution is 0.225. The van der Waals surface area contributed by atoms with E-state index in [1.165, 1.54) is 18.6 Å². The fraction of sp³-hybridized carbons (Fsp3) is 1.00. The Bertz CT molecular complexity index is 117. The summed E-state index contributed by atoms with van der Waals surface area (Å²) >= 11 is 2.23. The van der Waals surface area contributed by atoms with Gasteiger partial charge < -0.3 is 0 Å². The average molecular weight is 142 g/mol. The first-order valence-electron chi connectivity index (χ1n) is 3.87. The quantitative estimate of drug-likeness (QED) is 0.542. The monoisotopic (exact) mass is 142 g/mol. The predicted molar refractivity (Wildman–Crippen MR) is 42.8 cm³/mol. The summed E-state index contributed by atoms with van der Waals surface area (Å²) < 4.78 is 0.755. The predicted octanol–water partition coefficient (Wildman–Crippen LogP) is 2.54. The molecule has 3 aliphatic rings. The first-order valence-corrected chi connectivity index (χ1v) is 4.85. The van der Waals surface area contributed by atoms with Crippen LogP contribution in [0.5, 0.6) is 0 Å². The zero-order valence-corrected chi connectivity index (χ0v) is 7.00. The molecule has 2 saturated heterocycles. The second-order valence-electron chi connectivity index (χ2n) is 3.80. The Morgan fingerprint density at radius 2 is 2.11 bits per heavy atom. The summed E-state index contributed by atoms with van der Waals surface area (Å²) in [5.74, 6) is 3.48. The molecular weight excluding hydrogens is 128 g/mol. The molecule has 0 aromatic carbocycles. The summed E-state index contributed by atoms with van der Waals surface area (Å²) in [6.45, 7) is 4.74. The standard InChI is InChI=1S/C8H14S/c1-6(2)8-3-7(4-8)5-9-8/h6-7H,3-5H2,1-2H3. The minimum Gasteiger partial charge on any atom is -0.155 e. The molecule has 0 nitrogen and oxygen atoms in total. The third-order valence-electron chi connectivity index (χ3n) is 2.93. The summed E-state index contributed by atoms with van der Waals surface area (Å²) in [7, 11) is 0. The van der Waals surface area contributed by atoms with Gasteiger partial charge in [0.25, 0.3) is 0 Å². The molecule has 0 radical (unpaired) electrons. The van der Waals surface area contributed by atoms with Gasteiger partial charge in [-0.15, -0.1) is 0 Å². The summed E-state index contributed by atoms with van der Waals surface area (Å²) in [5, 5.41) is 0. The smallest absolute Gasteiger partial charge is 0.0189 e. The topological polar surface area (TPSA) is 0 Å². The van der Waals surface area contributed by atoms with Crippen LogP contribution in [-0.2, 0) is 0 Å². The highest BCUT2D eigenvalue weighted by Gasteiger charge is 2.52. The Kier molecular flexibility index (Phi) is 1.14. The van der Waals surface area contributed by atoms with Crippen LogP contribution in [-0.4, -0.2) is 10.5 Å². The maximum absolute atomic E-state index is 2.37. The molecule has 2 heterocycles. The van der Waals surface area contributed by atoms with Gasteiger partial charge in [-0.2, -0.15) is 11.8 Å². The van der Waals surface area contributed by atoms with Gasteiger partial charge in [-0.1, -0.05) is 13.8 Å². The van der Waals surface area contributed by atoms with E-state index in [0.717, 1.165) is 16.6 Å². The van der Waals surface area contributed by atoms with Crippen molar-refractivity contribution in [1.82, 2.24) is 0 Å². The van der Waals surface area contributed by atoms with Gasteiger partial charge in [-0.3, -0.25) is 0 Å². The van der Waals surface area contributed by atoms with Crippen molar-refractivity contribution < 1.29 is 0 Å². The van der Waals surface area contributed by atoms with Crippen LogP contribution >= 0.6 is 11.8 Å². The third-order valence-corrected chi connectivity index (χ3v) is 4.94. The SMILES string of the molecule is CC(C)C12CC(CS1)C2. The Morgan fingerprint density at radius 1 is 1.44 bits per heavy atom. The van der Waals surface area contributed by atoms with Gasteiger partial charge in [0.2, 0.25) is 0 Å². The van der Waals surface area contributed by atoms with Gasteiger partial charge in [0.05, 0.1) is 0 Å². The van der Waals surface area contributed by atoms with Crippen molar-refractivity contribution in [3.8, 4) is 0 Å². The summed E-state index contributed by atoms with van der Waals surface area (Å²) in [5.41, 5.74) is 0. The average Bonchev–Trinajstić information content (AvgIpc) is 2.13. The number of thioether (sulfide) groups is 1. The lowest BCUT2D eigenvalue weighted by Gasteiger charge is -2.40. The second kappa shape index (κ2) is 1.69. The number of hydrogen-bond acceptors (Lipinski definition) is 1. The maximum Gasteiger partial charge on any atom is 0.0189 e. The molecule has 0 spiro atoms. The van der Waals surface area contributed by atoms with Crippen molar-refractivity contribution in [2.75, 3.05) is 5.75 Å². The first kappa shape index (κ1) is 6.09. The van der Waals surface area contributed by atoms with Crippen molar-refractivity contribution in [3.63, 3.8) is 0 Å². The normalized spacial score (nSPS) is 47.7. The molecule has 9 heavy (non-hydrogen) atoms. The van der Waals surface area contributed by atoms with Crippen molar-refractivity contribution in [2.45, 2.75) is 31.4 Å². The molecular formula is C8H14S. The molecule has 0 atom stereocenters. The molecule has 0 unspecified atom stereocenters. The first-order chi connectivity index (χ1) is 4.23. The van der Waals surface area contributed by atoms with Gasteiger partial charge in [0.1, 0.15) is 0 Å². The van der Waals surface area contributed by atoms with Crippen molar-refractivity contribution in [3.05, 3.63) is 0 Å². The molecule has 2 aliphatic heterocycles. The molecule has 3 fully saturated rings. The van der Waals surface area contributed by atoms with Crippen LogP contribution < -0.4 is 0 Å². The van der Waals surface area contributed by atoms with Crippen molar-refractivity contribution >= 4 is 11.8 Å². The fourth-order valence-corrected chi connectivity index (χ4v) is 3.92. The number of fused-ring (bicyclic) bond motifs is 1. The van der Waals surface area contributed by atoms with E-state index in [1.807, 2.05) is 0 Å². The molecule has 2 bridgehead atoms. The van der Waals surface area contributed by atoms with Gasteiger partial charge in [0, 0.05) is 4.75 Å². The van der Waals surface area contributed by atoms with Crippen LogP contribution in [0.25, 0.3) is 0 Å². The molecule has 1 heteroatoms. The Labute approximate surface area is 61.4 Å². The van der Waals surface area contributed by atoms with E-state index in [1.54, 1.807) is 0 Å². The summed E-state index contributed by atoms with van der Waals surface area (Å²) in [4.78, 5) is 0. The van der Waals surface area contributed by atoms with Crippen LogP contribution in [0, 0.1) is 11.8 Å². The van der Waals surface area contributed by atoms with E-state index in [0.29, 0.717) is 0 Å². The van der Waals surface area contributed by atoms with Gasteiger partial charge in [-0.25, -0.2) is 0 Å². The van der Waals surface area contributed by atoms with Gasteiger partial charge in [0.15, 0.2) is 0 Å². The van der Waals surface area contributed by atoms with Gasteiger partial charge in [-0.05, 0) is 30.4 Å². The Balaban J connectivity index is 2.10. The molecule has 1 saturated carbocycles. The number of rotatable bonds is 1. The van der Waals surface area contributed by atoms with Gasteiger partial charge >= 0.3 is 0 Å². The van der Waals surface area contributed by atoms with Crippen molar-refractivity contribution in [2.24, 2.45) is 11.8 Å². The Hall–Kier alpha value is 0.350. The lowest BCUT2D eigenvalue weighted by atomic mass is 9.70. The van der Waals surface area contributed by atoms with E-state index in [-0.39, 0.29) is 0 Å². The zero-order chi connectivity index (χ0) is 6.48. The highest BCUT2D eigenvalue weighted by Crippen LogP contribution is 2.60. The molecule has 0 amide bonds. The highest BCUT2D eigenvalue weighted by molar-refractivity contribution is 8.01. The maximum atomic E-state index is 2.37. The van der Waals surface area contributed by atoms with E-state index in [9.17, 15) is 0 Å². The Morgan fingerprint density at radius 3 is 2.33 bits per heavy atom.